The number of piperidine rings is 1. The molecular formula is C13H26N4O. The molecule has 2 rings (SSSR count). The molecule has 0 aliphatic carbocycles. The van der Waals surface area contributed by atoms with Gasteiger partial charge in [0, 0.05) is 38.8 Å². The summed E-state index contributed by atoms with van der Waals surface area (Å²) in [6.45, 7) is 8.91. The number of piperazine rings is 1. The highest BCUT2D eigenvalue weighted by atomic mass is 16.2. The average Bonchev–Trinajstić information content (AvgIpc) is 2.34. The zero-order chi connectivity index (χ0) is 13.0. The van der Waals surface area contributed by atoms with Crippen molar-refractivity contribution in [2.45, 2.75) is 19.4 Å². The van der Waals surface area contributed by atoms with Crippen LogP contribution in [-0.4, -0.2) is 74.6 Å². The molecule has 18 heavy (non-hydrogen) atoms. The van der Waals surface area contributed by atoms with Crippen molar-refractivity contribution in [1.29, 1.82) is 0 Å². The zero-order valence-corrected chi connectivity index (χ0v) is 11.6. The Bertz CT molecular complexity index is 278. The topological polar surface area (TPSA) is 47.6 Å². The Morgan fingerprint density at radius 1 is 1.33 bits per heavy atom. The van der Waals surface area contributed by atoms with Crippen molar-refractivity contribution in [3.63, 3.8) is 0 Å². The first-order valence-corrected chi connectivity index (χ1v) is 7.06. The van der Waals surface area contributed by atoms with Gasteiger partial charge in [-0.2, -0.15) is 0 Å². The molecule has 5 heteroatoms. The van der Waals surface area contributed by atoms with Crippen LogP contribution in [0.4, 0.5) is 0 Å². The molecule has 0 spiro atoms. The molecule has 1 amide bonds. The van der Waals surface area contributed by atoms with Gasteiger partial charge in [0.25, 0.3) is 0 Å². The molecule has 0 aromatic heterocycles. The number of carbonyl (C=O) groups is 1. The molecule has 2 aliphatic rings. The van der Waals surface area contributed by atoms with E-state index in [1.54, 1.807) is 0 Å². The first-order chi connectivity index (χ1) is 8.65. The minimum absolute atomic E-state index is 0.193. The lowest BCUT2D eigenvalue weighted by Crippen LogP contribution is -2.52. The van der Waals surface area contributed by atoms with Crippen molar-refractivity contribution in [1.82, 2.24) is 20.4 Å². The molecule has 2 saturated heterocycles. The van der Waals surface area contributed by atoms with Gasteiger partial charge in [0.2, 0.25) is 5.91 Å². The highest BCUT2D eigenvalue weighted by Gasteiger charge is 2.26. The minimum Gasteiger partial charge on any atom is -0.352 e. The third-order valence-electron chi connectivity index (χ3n) is 4.03. The van der Waals surface area contributed by atoms with E-state index in [2.05, 4.69) is 34.4 Å². The van der Waals surface area contributed by atoms with E-state index in [1.165, 1.54) is 0 Å². The number of nitrogens with zero attached hydrogens (tertiary/aromatic N) is 2. The molecule has 0 saturated carbocycles. The van der Waals surface area contributed by atoms with Gasteiger partial charge in [0.05, 0.1) is 6.54 Å². The summed E-state index contributed by atoms with van der Waals surface area (Å²) in [6.07, 6.45) is 1.07. The largest absolute Gasteiger partial charge is 0.352 e. The number of hydrogen-bond acceptors (Lipinski definition) is 4. The Balaban J connectivity index is 1.73. The highest BCUT2D eigenvalue weighted by molar-refractivity contribution is 5.78. The number of nitrogens with one attached hydrogen (secondary N) is 2. The second kappa shape index (κ2) is 6.50. The van der Waals surface area contributed by atoms with Crippen molar-refractivity contribution in [3.05, 3.63) is 0 Å². The van der Waals surface area contributed by atoms with Crippen LogP contribution in [0.2, 0.25) is 0 Å². The quantitative estimate of drug-likeness (QED) is 0.702. The fourth-order valence-electron chi connectivity index (χ4n) is 2.89. The van der Waals surface area contributed by atoms with Crippen molar-refractivity contribution in [2.75, 3.05) is 52.9 Å². The number of rotatable bonds is 3. The predicted octanol–water partition coefficient (Wildman–Crippen LogP) is -0.652. The van der Waals surface area contributed by atoms with Gasteiger partial charge in [0.15, 0.2) is 0 Å². The summed E-state index contributed by atoms with van der Waals surface area (Å²) in [5, 5.41) is 6.51. The maximum Gasteiger partial charge on any atom is 0.234 e. The van der Waals surface area contributed by atoms with E-state index in [0.717, 1.165) is 45.7 Å². The molecule has 2 fully saturated rings. The molecular weight excluding hydrogens is 228 g/mol. The molecule has 2 aliphatic heterocycles. The van der Waals surface area contributed by atoms with Gasteiger partial charge in [-0.05, 0) is 25.9 Å². The Labute approximate surface area is 110 Å². The van der Waals surface area contributed by atoms with Crippen LogP contribution in [0.5, 0.6) is 0 Å². The van der Waals surface area contributed by atoms with E-state index in [1.807, 2.05) is 0 Å². The van der Waals surface area contributed by atoms with E-state index in [4.69, 9.17) is 0 Å². The molecule has 2 atom stereocenters. The first kappa shape index (κ1) is 13.8. The summed E-state index contributed by atoms with van der Waals surface area (Å²) in [6, 6.07) is 0.358. The molecule has 0 aromatic rings. The predicted molar refractivity (Wildman–Crippen MR) is 72.5 cm³/mol. The molecule has 104 valence electrons. The fraction of sp³-hybridized carbons (Fsp3) is 0.923. The molecule has 5 nitrogen and oxygen atoms in total. The molecule has 0 radical (unpaired) electrons. The van der Waals surface area contributed by atoms with Gasteiger partial charge in [-0.3, -0.25) is 9.69 Å². The number of likely N-dealkylation sites (tertiary alicyclic amines) is 1. The number of hydrogen-bond donors (Lipinski definition) is 2. The van der Waals surface area contributed by atoms with E-state index in [0.29, 0.717) is 18.5 Å². The molecule has 2 unspecified atom stereocenters. The third kappa shape index (κ3) is 3.93. The summed E-state index contributed by atoms with van der Waals surface area (Å²) in [5.41, 5.74) is 0. The Morgan fingerprint density at radius 3 is 2.72 bits per heavy atom. The van der Waals surface area contributed by atoms with Crippen LogP contribution in [-0.2, 0) is 4.79 Å². The van der Waals surface area contributed by atoms with Crippen LogP contribution < -0.4 is 10.6 Å². The second-order valence-corrected chi connectivity index (χ2v) is 5.73. The standard InChI is InChI=1S/C13H26N4O/c1-11-9-16(2)6-3-12(11)15-13(18)10-17-7-4-14-5-8-17/h11-12,14H,3-10H2,1-2H3,(H,15,18). The summed E-state index contributed by atoms with van der Waals surface area (Å²) in [4.78, 5) is 16.6. The second-order valence-electron chi connectivity index (χ2n) is 5.73. The Hall–Kier alpha value is -0.650. The number of amides is 1. The van der Waals surface area contributed by atoms with Gasteiger partial charge in [0.1, 0.15) is 0 Å². The van der Waals surface area contributed by atoms with E-state index >= 15 is 0 Å². The van der Waals surface area contributed by atoms with Crippen molar-refractivity contribution >= 4 is 5.91 Å². The van der Waals surface area contributed by atoms with Crippen LogP contribution in [0.1, 0.15) is 13.3 Å². The SMILES string of the molecule is CC1CN(C)CCC1NC(=O)CN1CCNCC1. The Morgan fingerprint density at radius 2 is 2.06 bits per heavy atom. The lowest BCUT2D eigenvalue weighted by molar-refractivity contribution is -0.123. The maximum absolute atomic E-state index is 12.0. The monoisotopic (exact) mass is 254 g/mol. The van der Waals surface area contributed by atoms with E-state index < -0.39 is 0 Å². The summed E-state index contributed by atoms with van der Waals surface area (Å²) >= 11 is 0. The highest BCUT2D eigenvalue weighted by Crippen LogP contribution is 2.15. The van der Waals surface area contributed by atoms with Crippen LogP contribution in [0.3, 0.4) is 0 Å². The van der Waals surface area contributed by atoms with Crippen LogP contribution in [0, 0.1) is 5.92 Å². The lowest BCUT2D eigenvalue weighted by Gasteiger charge is -2.36. The normalized spacial score (nSPS) is 31.2. The van der Waals surface area contributed by atoms with Crippen LogP contribution in [0.15, 0.2) is 0 Å². The number of carbonyl (C=O) groups excluding carboxylic acids is 1. The summed E-state index contributed by atoms with van der Waals surface area (Å²) < 4.78 is 0. The average molecular weight is 254 g/mol. The van der Waals surface area contributed by atoms with E-state index in [-0.39, 0.29) is 5.91 Å². The molecule has 2 N–H and O–H groups in total. The first-order valence-electron chi connectivity index (χ1n) is 7.06. The molecule has 0 bridgehead atoms. The Kier molecular flexibility index (Phi) is 4.97. The van der Waals surface area contributed by atoms with Gasteiger partial charge in [-0.15, -0.1) is 0 Å². The smallest absolute Gasteiger partial charge is 0.234 e. The van der Waals surface area contributed by atoms with Crippen LogP contribution in [0.25, 0.3) is 0 Å². The molecule has 2 heterocycles. The molecule has 0 aromatic carbocycles. The summed E-state index contributed by atoms with van der Waals surface area (Å²) in [7, 11) is 2.15. The maximum atomic E-state index is 12.0. The van der Waals surface area contributed by atoms with E-state index in [9.17, 15) is 4.79 Å². The van der Waals surface area contributed by atoms with Gasteiger partial charge in [-0.1, -0.05) is 6.92 Å². The minimum atomic E-state index is 0.193. The third-order valence-corrected chi connectivity index (χ3v) is 4.03. The fourth-order valence-corrected chi connectivity index (χ4v) is 2.89. The van der Waals surface area contributed by atoms with Gasteiger partial charge < -0.3 is 15.5 Å². The van der Waals surface area contributed by atoms with Gasteiger partial charge in [-0.25, -0.2) is 0 Å². The summed E-state index contributed by atoms with van der Waals surface area (Å²) in [5.74, 6) is 0.744. The van der Waals surface area contributed by atoms with Gasteiger partial charge >= 0.3 is 0 Å². The van der Waals surface area contributed by atoms with Crippen molar-refractivity contribution < 1.29 is 4.79 Å². The zero-order valence-electron chi connectivity index (χ0n) is 11.6. The van der Waals surface area contributed by atoms with Crippen molar-refractivity contribution in [3.8, 4) is 0 Å². The van der Waals surface area contributed by atoms with Crippen LogP contribution >= 0.6 is 0 Å². The lowest BCUT2D eigenvalue weighted by atomic mass is 9.94. The van der Waals surface area contributed by atoms with Crippen molar-refractivity contribution in [2.24, 2.45) is 5.92 Å².